The van der Waals surface area contributed by atoms with Gasteiger partial charge in [-0.25, -0.2) is 4.39 Å². The predicted molar refractivity (Wildman–Crippen MR) is 158 cm³/mol. The molecular weight excluding hydrogens is 535 g/mol. The van der Waals surface area contributed by atoms with Crippen LogP contribution in [0.15, 0.2) is 48.8 Å². The number of amides is 2. The van der Waals surface area contributed by atoms with Crippen molar-refractivity contribution in [3.8, 4) is 28.8 Å². The van der Waals surface area contributed by atoms with Crippen LogP contribution in [0.25, 0.3) is 11.3 Å². The number of rotatable bonds is 7. The van der Waals surface area contributed by atoms with Gasteiger partial charge in [0.2, 0.25) is 5.91 Å². The van der Waals surface area contributed by atoms with Crippen molar-refractivity contribution in [1.29, 1.82) is 0 Å². The molecule has 3 atom stereocenters. The van der Waals surface area contributed by atoms with Crippen LogP contribution in [0, 0.1) is 23.6 Å². The van der Waals surface area contributed by atoms with Gasteiger partial charge in [0.15, 0.2) is 11.6 Å². The quantitative estimate of drug-likeness (QED) is 0.297. The maximum atomic E-state index is 14.5. The van der Waals surface area contributed by atoms with Gasteiger partial charge in [-0.1, -0.05) is 24.0 Å². The van der Waals surface area contributed by atoms with Crippen molar-refractivity contribution in [2.45, 2.75) is 31.3 Å². The molecule has 10 heteroatoms. The topological polar surface area (TPSA) is 103 Å². The number of nitrogens with one attached hydrogen (secondary N) is 3. The summed E-state index contributed by atoms with van der Waals surface area (Å²) >= 11 is 0. The number of nitrogens with zero attached hydrogens (tertiary/aromatic N) is 3. The Bertz CT molecular complexity index is 1630. The predicted octanol–water partition coefficient (Wildman–Crippen LogP) is 3.71. The molecule has 42 heavy (non-hydrogen) atoms. The minimum absolute atomic E-state index is 0.00820. The molecule has 3 aliphatic rings. The molecule has 9 nitrogen and oxygen atoms in total. The van der Waals surface area contributed by atoms with E-state index in [9.17, 15) is 14.0 Å². The summed E-state index contributed by atoms with van der Waals surface area (Å²) in [6, 6.07) is 6.50. The van der Waals surface area contributed by atoms with E-state index in [1.54, 1.807) is 30.6 Å². The number of pyridine rings is 1. The van der Waals surface area contributed by atoms with Crippen molar-refractivity contribution in [2.75, 3.05) is 39.6 Å². The zero-order valence-corrected chi connectivity index (χ0v) is 23.8. The first-order valence-electron chi connectivity index (χ1n) is 14.1. The molecule has 3 N–H and O–H groups in total. The van der Waals surface area contributed by atoms with Gasteiger partial charge in [0.25, 0.3) is 5.91 Å². The minimum Gasteiger partial charge on any atom is -0.492 e. The number of anilines is 2. The van der Waals surface area contributed by atoms with E-state index >= 15 is 0 Å². The molecule has 1 saturated carbocycles. The van der Waals surface area contributed by atoms with Crippen molar-refractivity contribution in [2.24, 2.45) is 5.92 Å². The Kier molecular flexibility index (Phi) is 7.43. The summed E-state index contributed by atoms with van der Waals surface area (Å²) in [6.45, 7) is 1.20. The molecule has 2 fully saturated rings. The molecule has 216 valence electrons. The number of piperidine rings is 1. The lowest BCUT2D eigenvalue weighted by Crippen LogP contribution is -2.36. The Morgan fingerprint density at radius 3 is 2.98 bits per heavy atom. The molecule has 6 rings (SSSR count). The Morgan fingerprint density at radius 1 is 1.31 bits per heavy atom. The molecule has 1 aliphatic carbocycles. The largest absolute Gasteiger partial charge is 0.492 e. The molecular formula is C32H33FN6O3. The second kappa shape index (κ2) is 11.3. The number of hydrogen-bond acceptors (Lipinski definition) is 6. The highest BCUT2D eigenvalue weighted by atomic mass is 19.1. The second-order valence-electron chi connectivity index (χ2n) is 11.1. The summed E-state index contributed by atoms with van der Waals surface area (Å²) in [7, 11) is 5.33. The Labute approximate surface area is 244 Å². The van der Waals surface area contributed by atoms with E-state index in [0.29, 0.717) is 53.6 Å². The number of aromatic amines is 1. The molecule has 1 saturated heterocycles. The van der Waals surface area contributed by atoms with Gasteiger partial charge in [-0.2, -0.15) is 0 Å². The normalized spacial score (nSPS) is 20.5. The van der Waals surface area contributed by atoms with Gasteiger partial charge in [-0.3, -0.25) is 14.6 Å². The van der Waals surface area contributed by atoms with Crippen LogP contribution in [-0.2, 0) is 11.2 Å². The third kappa shape index (κ3) is 5.23. The van der Waals surface area contributed by atoms with Crippen LogP contribution in [0.4, 0.5) is 15.8 Å². The molecule has 1 aromatic carbocycles. The van der Waals surface area contributed by atoms with E-state index in [1.807, 2.05) is 36.0 Å². The van der Waals surface area contributed by atoms with Crippen LogP contribution >= 0.6 is 0 Å². The second-order valence-corrected chi connectivity index (χ2v) is 11.1. The van der Waals surface area contributed by atoms with Crippen molar-refractivity contribution < 1.29 is 18.7 Å². The zero-order chi connectivity index (χ0) is 29.4. The minimum atomic E-state index is -0.515. The molecule has 4 heterocycles. The lowest BCUT2D eigenvalue weighted by molar-refractivity contribution is -0.126. The SMILES string of the molecule is COc1c(F)cccc1Nc1c(-c2ccncc2C#C[C@@H]2C[C@H]3C[C@H]3N2C(=O)/C=C/CN(C)C)[nH]c2c1C(=O)NCC2. The van der Waals surface area contributed by atoms with Crippen molar-refractivity contribution in [3.63, 3.8) is 0 Å². The number of benzene rings is 1. The maximum absolute atomic E-state index is 14.5. The van der Waals surface area contributed by atoms with Crippen LogP contribution in [0.5, 0.6) is 5.75 Å². The van der Waals surface area contributed by atoms with E-state index in [4.69, 9.17) is 4.74 Å². The zero-order valence-electron chi connectivity index (χ0n) is 23.8. The fourth-order valence-electron chi connectivity index (χ4n) is 5.88. The van der Waals surface area contributed by atoms with E-state index in [2.05, 4.69) is 32.4 Å². The average Bonchev–Trinajstić information content (AvgIpc) is 3.47. The van der Waals surface area contributed by atoms with E-state index in [1.165, 1.54) is 13.2 Å². The number of likely N-dealkylation sites (tertiary alicyclic amines) is 1. The van der Waals surface area contributed by atoms with Gasteiger partial charge in [0.05, 0.1) is 41.3 Å². The lowest BCUT2D eigenvalue weighted by Gasteiger charge is -2.22. The van der Waals surface area contributed by atoms with Crippen molar-refractivity contribution >= 4 is 23.2 Å². The van der Waals surface area contributed by atoms with Gasteiger partial charge in [0.1, 0.15) is 0 Å². The third-order valence-corrected chi connectivity index (χ3v) is 7.95. The van der Waals surface area contributed by atoms with Crippen LogP contribution in [0.2, 0.25) is 0 Å². The van der Waals surface area contributed by atoms with E-state index in [0.717, 1.165) is 24.1 Å². The number of carbonyl (C=O) groups is 2. The molecule has 2 aliphatic heterocycles. The summed E-state index contributed by atoms with van der Waals surface area (Å²) in [5.41, 5.74) is 4.18. The number of hydrogen-bond donors (Lipinski definition) is 3. The monoisotopic (exact) mass is 568 g/mol. The number of carbonyl (C=O) groups excluding carboxylic acids is 2. The summed E-state index contributed by atoms with van der Waals surface area (Å²) < 4.78 is 19.9. The highest BCUT2D eigenvalue weighted by molar-refractivity contribution is 6.06. The molecule has 0 bridgehead atoms. The van der Waals surface area contributed by atoms with Gasteiger partial charge in [-0.05, 0) is 51.1 Å². The molecule has 0 unspecified atom stereocenters. The molecule has 0 radical (unpaired) electrons. The smallest absolute Gasteiger partial charge is 0.255 e. The highest BCUT2D eigenvalue weighted by Crippen LogP contribution is 2.48. The Balaban J connectivity index is 1.37. The lowest BCUT2D eigenvalue weighted by atomic mass is 10.0. The fraction of sp³-hybridized carbons (Fsp3) is 0.344. The Hall–Kier alpha value is -4.62. The van der Waals surface area contributed by atoms with Crippen LogP contribution in [0.3, 0.4) is 0 Å². The number of aromatic nitrogens is 2. The summed E-state index contributed by atoms with van der Waals surface area (Å²) in [5, 5.41) is 6.17. The third-order valence-electron chi connectivity index (χ3n) is 7.95. The van der Waals surface area contributed by atoms with Crippen molar-refractivity contribution in [1.82, 2.24) is 25.1 Å². The number of ether oxygens (including phenoxy) is 1. The first-order chi connectivity index (χ1) is 20.4. The Morgan fingerprint density at radius 2 is 2.17 bits per heavy atom. The average molecular weight is 569 g/mol. The fourth-order valence-corrected chi connectivity index (χ4v) is 5.88. The van der Waals surface area contributed by atoms with Gasteiger partial charge < -0.3 is 30.2 Å². The number of fused-ring (bicyclic) bond motifs is 2. The van der Waals surface area contributed by atoms with Gasteiger partial charge in [-0.15, -0.1) is 0 Å². The number of likely N-dealkylation sites (N-methyl/N-ethyl adjacent to an activating group) is 1. The molecule has 2 amide bonds. The van der Waals surface area contributed by atoms with Gasteiger partial charge >= 0.3 is 0 Å². The summed E-state index contributed by atoms with van der Waals surface area (Å²) in [4.78, 5) is 37.8. The van der Waals surface area contributed by atoms with Gasteiger partial charge in [0, 0.05) is 55.3 Å². The summed E-state index contributed by atoms with van der Waals surface area (Å²) in [6.07, 6.45) is 9.38. The van der Waals surface area contributed by atoms with Crippen LogP contribution in [0.1, 0.15) is 34.5 Å². The highest BCUT2D eigenvalue weighted by Gasteiger charge is 2.53. The molecule has 0 spiro atoms. The van der Waals surface area contributed by atoms with Crippen LogP contribution in [-0.4, -0.2) is 78.0 Å². The van der Waals surface area contributed by atoms with E-state index in [-0.39, 0.29) is 29.6 Å². The summed E-state index contributed by atoms with van der Waals surface area (Å²) in [5.74, 6) is 6.45. The van der Waals surface area contributed by atoms with E-state index < -0.39 is 5.82 Å². The first-order valence-corrected chi connectivity index (χ1v) is 14.1. The first kappa shape index (κ1) is 27.5. The maximum Gasteiger partial charge on any atom is 0.255 e. The number of halogens is 1. The van der Waals surface area contributed by atoms with Crippen LogP contribution < -0.4 is 15.4 Å². The standard InChI is InChI=1S/C32H33FN6O3/c1-38(2)15-5-8-27(40)39-21(16-20-17-26(20)39)10-9-19-18-34-13-11-22(19)29-30(28-24(36-29)12-14-35-32(28)41)37-25-7-4-6-23(33)31(25)42-3/h4-8,11,13,18,20-21,26,36-37H,12,14-17H2,1-3H3,(H,35,41)/b8-5+/t20-,21+,26+/m0/s1. The molecule has 2 aromatic heterocycles. The number of para-hydroxylation sites is 1. The van der Waals surface area contributed by atoms with Crippen molar-refractivity contribution in [3.05, 3.63) is 71.4 Å². The molecule has 3 aromatic rings. The number of H-pyrrole nitrogens is 1. The number of methoxy groups -OCH3 is 1.